The number of ketones is 1. The van der Waals surface area contributed by atoms with E-state index in [4.69, 9.17) is 4.74 Å². The zero-order chi connectivity index (χ0) is 10.9. The molecule has 2 aliphatic heterocycles. The van der Waals surface area contributed by atoms with Gasteiger partial charge < -0.3 is 4.74 Å². The molecule has 1 atom stereocenters. The fourth-order valence-corrected chi connectivity index (χ4v) is 2.08. The van der Waals surface area contributed by atoms with E-state index in [0.29, 0.717) is 19.8 Å². The third-order valence-electron chi connectivity index (χ3n) is 3.01. The van der Waals surface area contributed by atoms with Gasteiger partial charge in [0.1, 0.15) is 0 Å². The number of hydrogen-bond donors (Lipinski definition) is 0. The van der Waals surface area contributed by atoms with Crippen LogP contribution in [0.25, 0.3) is 0 Å². The third kappa shape index (κ3) is 2.72. The van der Waals surface area contributed by atoms with Crippen LogP contribution in [0.4, 0.5) is 8.78 Å². The summed E-state index contributed by atoms with van der Waals surface area (Å²) < 4.78 is 30.8. The summed E-state index contributed by atoms with van der Waals surface area (Å²) in [4.78, 5) is 13.2. The molecule has 0 aromatic heterocycles. The molecule has 15 heavy (non-hydrogen) atoms. The number of ether oxygens (including phenoxy) is 1. The number of halogens is 2. The third-order valence-corrected chi connectivity index (χ3v) is 3.01. The zero-order valence-corrected chi connectivity index (χ0v) is 8.55. The first-order chi connectivity index (χ1) is 7.07. The lowest BCUT2D eigenvalue weighted by molar-refractivity contribution is -0.124. The highest BCUT2D eigenvalue weighted by atomic mass is 19.3. The van der Waals surface area contributed by atoms with E-state index in [1.165, 1.54) is 0 Å². The van der Waals surface area contributed by atoms with Gasteiger partial charge in [0.15, 0.2) is 5.78 Å². The number of carbonyl (C=O) groups is 1. The van der Waals surface area contributed by atoms with Crippen LogP contribution in [0.5, 0.6) is 0 Å². The van der Waals surface area contributed by atoms with Crippen molar-refractivity contribution in [2.24, 2.45) is 5.92 Å². The van der Waals surface area contributed by atoms with Gasteiger partial charge in [-0.15, -0.1) is 0 Å². The second-order valence-electron chi connectivity index (χ2n) is 4.34. The van der Waals surface area contributed by atoms with E-state index in [1.807, 2.05) is 0 Å². The lowest BCUT2D eigenvalue weighted by atomic mass is 10.0. The molecule has 2 aliphatic rings. The van der Waals surface area contributed by atoms with Crippen molar-refractivity contribution in [1.82, 2.24) is 4.90 Å². The first-order valence-electron chi connectivity index (χ1n) is 5.27. The largest absolute Gasteiger partial charge is 0.381 e. The summed E-state index contributed by atoms with van der Waals surface area (Å²) in [7, 11) is 0. The van der Waals surface area contributed by atoms with Crippen molar-refractivity contribution < 1.29 is 18.3 Å². The van der Waals surface area contributed by atoms with Crippen LogP contribution < -0.4 is 0 Å². The molecule has 0 saturated carbocycles. The monoisotopic (exact) mass is 219 g/mol. The van der Waals surface area contributed by atoms with Gasteiger partial charge in [0.2, 0.25) is 0 Å². The Hall–Kier alpha value is -0.550. The standard InChI is InChI=1S/C10H15F2NO2/c11-10(12)2-3-13(7-10)5-9(14)8-1-4-15-6-8/h8H,1-7H2. The molecule has 86 valence electrons. The summed E-state index contributed by atoms with van der Waals surface area (Å²) in [5, 5.41) is 0. The molecule has 1 unspecified atom stereocenters. The Morgan fingerprint density at radius 1 is 1.53 bits per heavy atom. The van der Waals surface area contributed by atoms with E-state index in [0.717, 1.165) is 6.42 Å². The Morgan fingerprint density at radius 2 is 2.33 bits per heavy atom. The molecule has 0 aromatic carbocycles. The topological polar surface area (TPSA) is 29.5 Å². The van der Waals surface area contributed by atoms with Crippen LogP contribution >= 0.6 is 0 Å². The summed E-state index contributed by atoms with van der Waals surface area (Å²) in [6.45, 7) is 1.29. The summed E-state index contributed by atoms with van der Waals surface area (Å²) in [5.74, 6) is -2.63. The number of likely N-dealkylation sites (tertiary alicyclic amines) is 1. The lowest BCUT2D eigenvalue weighted by Gasteiger charge is -2.16. The van der Waals surface area contributed by atoms with Gasteiger partial charge in [0.25, 0.3) is 5.92 Å². The normalized spacial score (nSPS) is 30.9. The molecule has 0 aliphatic carbocycles. The van der Waals surface area contributed by atoms with E-state index in [-0.39, 0.29) is 31.2 Å². The first kappa shape index (κ1) is 11.0. The van der Waals surface area contributed by atoms with Crippen LogP contribution in [0, 0.1) is 5.92 Å². The molecule has 2 fully saturated rings. The molecule has 0 aromatic rings. The number of hydrogen-bond acceptors (Lipinski definition) is 3. The average molecular weight is 219 g/mol. The maximum Gasteiger partial charge on any atom is 0.261 e. The quantitative estimate of drug-likeness (QED) is 0.707. The van der Waals surface area contributed by atoms with E-state index in [2.05, 4.69) is 0 Å². The number of alkyl halides is 2. The number of Topliss-reactive ketones (excluding diaryl/α,β-unsaturated/α-hetero) is 1. The fourth-order valence-electron chi connectivity index (χ4n) is 2.08. The van der Waals surface area contributed by atoms with E-state index < -0.39 is 5.92 Å². The van der Waals surface area contributed by atoms with Crippen molar-refractivity contribution in [3.05, 3.63) is 0 Å². The molecule has 2 heterocycles. The zero-order valence-electron chi connectivity index (χ0n) is 8.55. The Kier molecular flexibility index (Phi) is 3.02. The Bertz CT molecular complexity index is 252. The van der Waals surface area contributed by atoms with Crippen LogP contribution in [0.2, 0.25) is 0 Å². The molecule has 0 bridgehead atoms. The molecule has 3 nitrogen and oxygen atoms in total. The minimum absolute atomic E-state index is 0.0465. The lowest BCUT2D eigenvalue weighted by Crippen LogP contribution is -2.33. The van der Waals surface area contributed by atoms with Gasteiger partial charge in [-0.25, -0.2) is 8.78 Å². The molecular formula is C10H15F2NO2. The summed E-state index contributed by atoms with van der Waals surface area (Å²) in [5.41, 5.74) is 0. The van der Waals surface area contributed by atoms with Gasteiger partial charge in [0.05, 0.1) is 19.7 Å². The Morgan fingerprint density at radius 3 is 2.87 bits per heavy atom. The van der Waals surface area contributed by atoms with Gasteiger partial charge in [-0.1, -0.05) is 0 Å². The average Bonchev–Trinajstić information content (AvgIpc) is 2.74. The SMILES string of the molecule is O=C(CN1CCC(F)(F)C1)C1CCOC1. The van der Waals surface area contributed by atoms with E-state index in [1.54, 1.807) is 4.90 Å². The molecule has 0 spiro atoms. The van der Waals surface area contributed by atoms with Gasteiger partial charge >= 0.3 is 0 Å². The highest BCUT2D eigenvalue weighted by Gasteiger charge is 2.39. The summed E-state index contributed by atoms with van der Waals surface area (Å²) >= 11 is 0. The van der Waals surface area contributed by atoms with Gasteiger partial charge in [-0.05, 0) is 6.42 Å². The van der Waals surface area contributed by atoms with Gasteiger partial charge in [-0.3, -0.25) is 9.69 Å². The predicted molar refractivity (Wildman–Crippen MR) is 49.9 cm³/mol. The van der Waals surface area contributed by atoms with Crippen molar-refractivity contribution in [2.75, 3.05) is 32.8 Å². The maximum atomic E-state index is 12.8. The summed E-state index contributed by atoms with van der Waals surface area (Å²) in [6, 6.07) is 0. The number of nitrogens with zero attached hydrogens (tertiary/aromatic N) is 1. The van der Waals surface area contributed by atoms with Crippen LogP contribution in [-0.4, -0.2) is 49.5 Å². The first-order valence-corrected chi connectivity index (χ1v) is 5.27. The van der Waals surface area contributed by atoms with Gasteiger partial charge in [0, 0.05) is 25.5 Å². The smallest absolute Gasteiger partial charge is 0.261 e. The molecule has 5 heteroatoms. The molecule has 0 N–H and O–H groups in total. The van der Waals surface area contributed by atoms with Gasteiger partial charge in [-0.2, -0.15) is 0 Å². The fraction of sp³-hybridized carbons (Fsp3) is 0.900. The molecular weight excluding hydrogens is 204 g/mol. The Labute approximate surface area is 87.4 Å². The van der Waals surface area contributed by atoms with Crippen LogP contribution in [0.1, 0.15) is 12.8 Å². The van der Waals surface area contributed by atoms with E-state index >= 15 is 0 Å². The highest BCUT2D eigenvalue weighted by Crippen LogP contribution is 2.27. The minimum Gasteiger partial charge on any atom is -0.381 e. The van der Waals surface area contributed by atoms with Crippen molar-refractivity contribution in [3.63, 3.8) is 0 Å². The van der Waals surface area contributed by atoms with Crippen molar-refractivity contribution in [3.8, 4) is 0 Å². The van der Waals surface area contributed by atoms with E-state index in [9.17, 15) is 13.6 Å². The minimum atomic E-state index is -2.60. The second-order valence-corrected chi connectivity index (χ2v) is 4.34. The second kappa shape index (κ2) is 4.14. The van der Waals surface area contributed by atoms with Crippen LogP contribution in [-0.2, 0) is 9.53 Å². The van der Waals surface area contributed by atoms with Crippen LogP contribution in [0.15, 0.2) is 0 Å². The maximum absolute atomic E-state index is 12.8. The predicted octanol–water partition coefficient (Wildman–Crippen LogP) is 0.933. The molecule has 2 saturated heterocycles. The number of rotatable bonds is 3. The highest BCUT2D eigenvalue weighted by molar-refractivity contribution is 5.83. The Balaban J connectivity index is 1.79. The number of carbonyl (C=O) groups excluding carboxylic acids is 1. The summed E-state index contributed by atoms with van der Waals surface area (Å²) in [6.07, 6.45) is 0.616. The van der Waals surface area contributed by atoms with Crippen LogP contribution in [0.3, 0.4) is 0 Å². The molecule has 0 radical (unpaired) electrons. The van der Waals surface area contributed by atoms with Crippen molar-refractivity contribution >= 4 is 5.78 Å². The van der Waals surface area contributed by atoms with Crippen molar-refractivity contribution in [2.45, 2.75) is 18.8 Å². The molecule has 2 rings (SSSR count). The molecule has 0 amide bonds. The van der Waals surface area contributed by atoms with Crippen molar-refractivity contribution in [1.29, 1.82) is 0 Å².